The van der Waals surface area contributed by atoms with Crippen LogP contribution in [0.2, 0.25) is 0 Å². The average molecular weight is 445 g/mol. The molecule has 2 aromatic rings. The number of halogens is 2. The minimum Gasteiger partial charge on any atom is -0.477 e. The molecule has 10 heteroatoms. The van der Waals surface area contributed by atoms with Crippen molar-refractivity contribution in [1.82, 2.24) is 15.0 Å². The third-order valence-corrected chi connectivity index (χ3v) is 6.19. The van der Waals surface area contributed by atoms with Gasteiger partial charge in [-0.1, -0.05) is 6.92 Å². The quantitative estimate of drug-likeness (QED) is 0.727. The Kier molecular flexibility index (Phi) is 4.63. The number of nitrogens with zero attached hydrogens (tertiary/aromatic N) is 4. The van der Waals surface area contributed by atoms with Gasteiger partial charge in [-0.25, -0.2) is 9.97 Å². The first-order chi connectivity index (χ1) is 15.1. The molecule has 1 aliphatic carbocycles. The Balaban J connectivity index is 1.52. The molecule has 2 fully saturated rings. The Labute approximate surface area is 184 Å². The van der Waals surface area contributed by atoms with Crippen molar-refractivity contribution in [3.05, 3.63) is 29.7 Å². The third kappa shape index (κ3) is 3.76. The maximum Gasteiger partial charge on any atom is 0.304 e. The zero-order valence-electron chi connectivity index (χ0n) is 18.2. The van der Waals surface area contributed by atoms with Crippen LogP contribution in [0.25, 0.3) is 0 Å². The normalized spacial score (nSPS) is 20.0. The van der Waals surface area contributed by atoms with Gasteiger partial charge < -0.3 is 19.7 Å². The second-order valence-corrected chi connectivity index (χ2v) is 9.50. The third-order valence-electron chi connectivity index (χ3n) is 6.19. The minimum absolute atomic E-state index is 0.0608. The van der Waals surface area contributed by atoms with Gasteiger partial charge in [-0.15, -0.1) is 0 Å². The number of amides is 1. The SMILES string of the molecule is CC(=O)Nc1cc2c(cn1)C1(CC1)CN2c1cc(OCC2(C)COC2)nc(C(C)(F)F)n1. The van der Waals surface area contributed by atoms with Gasteiger partial charge in [-0.3, -0.25) is 4.79 Å². The number of ether oxygens (including phenoxy) is 2. The summed E-state index contributed by atoms with van der Waals surface area (Å²) in [4.78, 5) is 25.9. The molecule has 3 aliphatic rings. The molecule has 8 nitrogen and oxygen atoms in total. The van der Waals surface area contributed by atoms with Crippen molar-refractivity contribution < 1.29 is 23.0 Å². The molecular weight excluding hydrogens is 420 g/mol. The van der Waals surface area contributed by atoms with Crippen LogP contribution in [-0.2, 0) is 20.9 Å². The first-order valence-electron chi connectivity index (χ1n) is 10.6. The van der Waals surface area contributed by atoms with E-state index in [1.165, 1.54) is 6.92 Å². The summed E-state index contributed by atoms with van der Waals surface area (Å²) in [6.07, 6.45) is 3.74. The van der Waals surface area contributed by atoms with E-state index in [0.29, 0.717) is 38.0 Å². The number of nitrogens with one attached hydrogen (secondary N) is 1. The van der Waals surface area contributed by atoms with Crippen LogP contribution in [0.3, 0.4) is 0 Å². The topological polar surface area (TPSA) is 89.5 Å². The van der Waals surface area contributed by atoms with Gasteiger partial charge in [0, 0.05) is 55.1 Å². The molecule has 1 saturated carbocycles. The molecular formula is C22H25F2N5O3. The Morgan fingerprint density at radius 2 is 2.06 bits per heavy atom. The van der Waals surface area contributed by atoms with Crippen LogP contribution in [-0.4, -0.2) is 47.2 Å². The fraction of sp³-hybridized carbons (Fsp3) is 0.545. The van der Waals surface area contributed by atoms with E-state index in [-0.39, 0.29) is 22.6 Å². The maximum atomic E-state index is 14.2. The zero-order chi connectivity index (χ0) is 22.7. The Bertz CT molecular complexity index is 1080. The van der Waals surface area contributed by atoms with Crippen LogP contribution >= 0.6 is 0 Å². The van der Waals surface area contributed by atoms with Gasteiger partial charge in [0.05, 0.1) is 25.5 Å². The first-order valence-corrected chi connectivity index (χ1v) is 10.6. The number of hydrogen-bond donors (Lipinski definition) is 1. The van der Waals surface area contributed by atoms with Crippen LogP contribution < -0.4 is 15.0 Å². The van der Waals surface area contributed by atoms with Crippen LogP contribution in [0.4, 0.5) is 26.1 Å². The summed E-state index contributed by atoms with van der Waals surface area (Å²) in [5.74, 6) is -3.20. The Hall–Kier alpha value is -2.88. The molecule has 4 heterocycles. The van der Waals surface area contributed by atoms with Gasteiger partial charge in [0.15, 0.2) is 0 Å². The predicted octanol–water partition coefficient (Wildman–Crippen LogP) is 3.54. The molecule has 1 saturated heterocycles. The summed E-state index contributed by atoms with van der Waals surface area (Å²) in [7, 11) is 0. The van der Waals surface area contributed by atoms with Crippen molar-refractivity contribution in [2.45, 2.75) is 45.0 Å². The molecule has 0 bridgehead atoms. The molecule has 0 radical (unpaired) electrons. The lowest BCUT2D eigenvalue weighted by Crippen LogP contribution is -2.44. The summed E-state index contributed by atoms with van der Waals surface area (Å²) < 4.78 is 39.5. The standard InChI is InChI=1S/C22H25F2N5O3/c1-13(30)26-16-6-15-14(8-25-16)22(4-5-22)9-29(15)17-7-18(28-19(27-17)21(3,23)24)32-12-20(2)10-31-11-20/h6-8H,4-5,9-12H2,1-3H3,(H,25,26,30). The van der Waals surface area contributed by atoms with E-state index < -0.39 is 11.7 Å². The first kappa shape index (κ1) is 21.0. The van der Waals surface area contributed by atoms with Gasteiger partial charge in [0.2, 0.25) is 17.6 Å². The maximum absolute atomic E-state index is 14.2. The highest BCUT2D eigenvalue weighted by molar-refractivity contribution is 5.89. The number of pyridine rings is 1. The highest BCUT2D eigenvalue weighted by Crippen LogP contribution is 2.58. The van der Waals surface area contributed by atoms with E-state index >= 15 is 0 Å². The monoisotopic (exact) mass is 445 g/mol. The molecule has 32 heavy (non-hydrogen) atoms. The molecule has 2 aliphatic heterocycles. The van der Waals surface area contributed by atoms with Crippen molar-refractivity contribution in [2.24, 2.45) is 5.41 Å². The summed E-state index contributed by atoms with van der Waals surface area (Å²) in [6.45, 7) is 6.23. The van der Waals surface area contributed by atoms with Crippen molar-refractivity contribution in [1.29, 1.82) is 0 Å². The van der Waals surface area contributed by atoms with E-state index in [0.717, 1.165) is 31.0 Å². The van der Waals surface area contributed by atoms with E-state index in [9.17, 15) is 13.6 Å². The number of aromatic nitrogens is 3. The van der Waals surface area contributed by atoms with Gasteiger partial charge in [0.1, 0.15) is 11.6 Å². The van der Waals surface area contributed by atoms with Gasteiger partial charge >= 0.3 is 5.92 Å². The lowest BCUT2D eigenvalue weighted by atomic mass is 9.90. The molecule has 0 unspecified atom stereocenters. The van der Waals surface area contributed by atoms with Crippen LogP contribution in [0.5, 0.6) is 5.88 Å². The molecule has 5 rings (SSSR count). The number of hydrogen-bond acceptors (Lipinski definition) is 7. The number of carbonyl (C=O) groups excluding carboxylic acids is 1. The molecule has 0 aromatic carbocycles. The average Bonchev–Trinajstić information content (AvgIpc) is 3.40. The van der Waals surface area contributed by atoms with Gasteiger partial charge in [0.25, 0.3) is 0 Å². The molecule has 2 aromatic heterocycles. The van der Waals surface area contributed by atoms with Gasteiger partial charge in [-0.2, -0.15) is 13.8 Å². The number of anilines is 3. The summed E-state index contributed by atoms with van der Waals surface area (Å²) in [6, 6.07) is 3.37. The second-order valence-electron chi connectivity index (χ2n) is 9.50. The summed E-state index contributed by atoms with van der Waals surface area (Å²) in [5, 5.41) is 2.69. The lowest BCUT2D eigenvalue weighted by molar-refractivity contribution is -0.120. The van der Waals surface area contributed by atoms with Crippen LogP contribution in [0.1, 0.15) is 45.0 Å². The molecule has 1 spiro atoms. The fourth-order valence-electron chi connectivity index (χ4n) is 4.18. The summed E-state index contributed by atoms with van der Waals surface area (Å²) in [5.41, 5.74) is 1.62. The van der Waals surface area contributed by atoms with E-state index in [1.54, 1.807) is 18.3 Å². The minimum atomic E-state index is -3.23. The van der Waals surface area contributed by atoms with E-state index in [2.05, 4.69) is 20.3 Å². The van der Waals surface area contributed by atoms with Crippen LogP contribution in [0, 0.1) is 5.41 Å². The molecule has 1 N–H and O–H groups in total. The Morgan fingerprint density at radius 1 is 1.31 bits per heavy atom. The number of fused-ring (bicyclic) bond motifs is 2. The van der Waals surface area contributed by atoms with Gasteiger partial charge in [-0.05, 0) is 12.8 Å². The van der Waals surface area contributed by atoms with E-state index in [1.807, 2.05) is 11.8 Å². The van der Waals surface area contributed by atoms with Crippen molar-refractivity contribution in [3.8, 4) is 5.88 Å². The summed E-state index contributed by atoms with van der Waals surface area (Å²) >= 11 is 0. The van der Waals surface area contributed by atoms with Crippen molar-refractivity contribution >= 4 is 23.2 Å². The molecule has 0 atom stereocenters. The number of carbonyl (C=O) groups is 1. The smallest absolute Gasteiger partial charge is 0.304 e. The predicted molar refractivity (Wildman–Crippen MR) is 112 cm³/mol. The number of alkyl halides is 2. The van der Waals surface area contributed by atoms with Crippen molar-refractivity contribution in [2.75, 3.05) is 36.6 Å². The van der Waals surface area contributed by atoms with E-state index in [4.69, 9.17) is 9.47 Å². The second kappa shape index (κ2) is 7.06. The molecule has 170 valence electrons. The highest BCUT2D eigenvalue weighted by atomic mass is 19.3. The molecule has 1 amide bonds. The highest BCUT2D eigenvalue weighted by Gasteiger charge is 2.53. The van der Waals surface area contributed by atoms with Crippen LogP contribution in [0.15, 0.2) is 18.3 Å². The van der Waals surface area contributed by atoms with Crippen molar-refractivity contribution in [3.63, 3.8) is 0 Å². The number of rotatable bonds is 6. The zero-order valence-corrected chi connectivity index (χ0v) is 18.2. The Morgan fingerprint density at radius 3 is 2.66 bits per heavy atom. The fourth-order valence-corrected chi connectivity index (χ4v) is 4.18. The largest absolute Gasteiger partial charge is 0.477 e. The lowest BCUT2D eigenvalue weighted by Gasteiger charge is -2.37.